The molecule has 0 saturated heterocycles. The van der Waals surface area contributed by atoms with Crippen LogP contribution in [0.5, 0.6) is 0 Å². The van der Waals surface area contributed by atoms with Crippen LogP contribution in [-0.4, -0.2) is 33.7 Å². The van der Waals surface area contributed by atoms with Crippen molar-refractivity contribution in [3.8, 4) is 11.5 Å². The molecule has 2 heterocycles. The summed E-state index contributed by atoms with van der Waals surface area (Å²) in [6.45, 7) is 0. The molecule has 144 valence electrons. The molecule has 0 fully saturated rings. The van der Waals surface area contributed by atoms with Gasteiger partial charge in [0.1, 0.15) is 5.69 Å². The molecule has 5 nitrogen and oxygen atoms in total. The highest BCUT2D eigenvalue weighted by Crippen LogP contribution is 2.13. The predicted molar refractivity (Wildman–Crippen MR) is 121 cm³/mol. The molecule has 0 aliphatic carbocycles. The van der Waals surface area contributed by atoms with Gasteiger partial charge >= 0.3 is 0 Å². The zero-order chi connectivity index (χ0) is 20.2. The Labute approximate surface area is 175 Å². The van der Waals surface area contributed by atoms with Crippen LogP contribution >= 0.6 is 0 Å². The van der Waals surface area contributed by atoms with Crippen molar-refractivity contribution in [3.63, 3.8) is 0 Å². The van der Waals surface area contributed by atoms with Crippen LogP contribution in [0.3, 0.4) is 0 Å². The van der Waals surface area contributed by atoms with Crippen LogP contribution in [-0.2, 0) is 0 Å². The van der Waals surface area contributed by atoms with Gasteiger partial charge in [0.15, 0.2) is 8.07 Å². The Morgan fingerprint density at radius 3 is 1.60 bits per heavy atom. The van der Waals surface area contributed by atoms with Crippen LogP contribution < -0.4 is 20.7 Å². The highest BCUT2D eigenvalue weighted by Gasteiger charge is 2.41. The third kappa shape index (κ3) is 3.03. The van der Waals surface area contributed by atoms with Crippen LogP contribution in [0.4, 0.5) is 0 Å². The molecule has 6 heteroatoms. The van der Waals surface area contributed by atoms with Crippen LogP contribution in [0.25, 0.3) is 11.5 Å². The van der Waals surface area contributed by atoms with Crippen molar-refractivity contribution in [2.75, 3.05) is 0 Å². The third-order valence-corrected chi connectivity index (χ3v) is 10.2. The van der Waals surface area contributed by atoms with E-state index in [4.69, 9.17) is 0 Å². The van der Waals surface area contributed by atoms with Crippen molar-refractivity contribution in [1.29, 1.82) is 0 Å². The van der Waals surface area contributed by atoms with Crippen LogP contribution in [0.2, 0.25) is 0 Å². The van der Waals surface area contributed by atoms with E-state index in [2.05, 4.69) is 129 Å². The number of nitrogens with zero attached hydrogens (tertiary/aromatic N) is 4. The summed E-state index contributed by atoms with van der Waals surface area (Å²) in [5.41, 5.74) is 0.709. The normalized spacial score (nSPS) is 11.3. The number of hydrogen-bond acceptors (Lipinski definition) is 4. The number of benzene rings is 3. The van der Waals surface area contributed by atoms with Gasteiger partial charge in [-0.05, 0) is 38.1 Å². The minimum absolute atomic E-state index is 0.494. The number of H-pyrrole nitrogens is 1. The van der Waals surface area contributed by atoms with Gasteiger partial charge in [0, 0.05) is 6.20 Å². The van der Waals surface area contributed by atoms with E-state index < -0.39 is 8.07 Å². The lowest BCUT2D eigenvalue weighted by Gasteiger charge is -2.34. The number of tetrazole rings is 1. The first-order chi connectivity index (χ1) is 14.9. The zero-order valence-electron chi connectivity index (χ0n) is 16.2. The average molecular weight is 406 g/mol. The Balaban J connectivity index is 1.87. The molecular weight excluding hydrogens is 386 g/mol. The summed E-state index contributed by atoms with van der Waals surface area (Å²) < 4.78 is 0. The van der Waals surface area contributed by atoms with E-state index >= 15 is 0 Å². The van der Waals surface area contributed by atoms with Crippen molar-refractivity contribution in [3.05, 3.63) is 109 Å². The molecule has 0 radical (unpaired) electrons. The van der Waals surface area contributed by atoms with E-state index in [0.29, 0.717) is 11.5 Å². The monoisotopic (exact) mass is 405 g/mol. The predicted octanol–water partition coefficient (Wildman–Crippen LogP) is 1.64. The smallest absolute Gasteiger partial charge is 0.222 e. The van der Waals surface area contributed by atoms with Gasteiger partial charge in [0.2, 0.25) is 5.82 Å². The minimum Gasteiger partial charge on any atom is -0.253 e. The van der Waals surface area contributed by atoms with Crippen molar-refractivity contribution in [1.82, 2.24) is 25.6 Å². The number of aromatic nitrogens is 5. The molecule has 3 aromatic carbocycles. The number of hydrogen-bond donors (Lipinski definition) is 1. The van der Waals surface area contributed by atoms with Gasteiger partial charge < -0.3 is 0 Å². The maximum atomic E-state index is 4.51. The van der Waals surface area contributed by atoms with Gasteiger partial charge in [0.25, 0.3) is 0 Å². The molecule has 5 rings (SSSR count). The van der Waals surface area contributed by atoms with E-state index in [1.54, 1.807) is 0 Å². The first-order valence-electron chi connectivity index (χ1n) is 9.76. The molecule has 1 N–H and O–H groups in total. The maximum Gasteiger partial charge on any atom is 0.222 e. The van der Waals surface area contributed by atoms with E-state index in [9.17, 15) is 0 Å². The largest absolute Gasteiger partial charge is 0.253 e. The van der Waals surface area contributed by atoms with E-state index in [-0.39, 0.29) is 0 Å². The Morgan fingerprint density at radius 1 is 0.600 bits per heavy atom. The summed E-state index contributed by atoms with van der Waals surface area (Å²) in [4.78, 5) is 4.51. The van der Waals surface area contributed by atoms with Crippen LogP contribution in [0.1, 0.15) is 0 Å². The highest BCUT2D eigenvalue weighted by atomic mass is 28.3. The number of rotatable bonds is 5. The fraction of sp³-hybridized carbons (Fsp3) is 0. The quantitative estimate of drug-likeness (QED) is 0.357. The lowest BCUT2D eigenvalue weighted by molar-refractivity contribution is 0.881. The van der Waals surface area contributed by atoms with Crippen molar-refractivity contribution in [2.45, 2.75) is 0 Å². The number of aromatic amines is 1. The molecule has 0 aliphatic rings. The van der Waals surface area contributed by atoms with Crippen molar-refractivity contribution < 1.29 is 0 Å². The third-order valence-electron chi connectivity index (χ3n) is 5.39. The van der Waals surface area contributed by atoms with Gasteiger partial charge in [-0.25, -0.2) is 0 Å². The van der Waals surface area contributed by atoms with Crippen LogP contribution in [0.15, 0.2) is 109 Å². The second-order valence-corrected chi connectivity index (χ2v) is 10.8. The Hall–Kier alpha value is -3.90. The van der Waals surface area contributed by atoms with Crippen molar-refractivity contribution in [2.24, 2.45) is 0 Å². The standard InChI is InChI=1S/C24H19N5Si/c1-4-10-19(11-5-1)30(20-12-6-2-7-13-20,21-14-8-3-9-15-21)22-16-17-25-23(18-22)24-26-28-29-27-24/h1-18H,(H,26,27,28,29). The van der Waals surface area contributed by atoms with Gasteiger partial charge in [0.05, 0.1) is 0 Å². The molecule has 0 atom stereocenters. The maximum absolute atomic E-state index is 4.51. The topological polar surface area (TPSA) is 67.3 Å². The molecule has 0 aliphatic heterocycles. The Morgan fingerprint density at radius 2 is 1.13 bits per heavy atom. The Kier molecular flexibility index (Phi) is 4.75. The lowest BCUT2D eigenvalue weighted by Crippen LogP contribution is -2.74. The molecule has 0 spiro atoms. The summed E-state index contributed by atoms with van der Waals surface area (Å²) in [6, 6.07) is 36.6. The van der Waals surface area contributed by atoms with Gasteiger partial charge in [-0.2, -0.15) is 5.21 Å². The fourth-order valence-corrected chi connectivity index (χ4v) is 8.88. The zero-order valence-corrected chi connectivity index (χ0v) is 17.2. The molecule has 0 saturated carbocycles. The summed E-state index contributed by atoms with van der Waals surface area (Å²) >= 11 is 0. The molecule has 2 aromatic heterocycles. The summed E-state index contributed by atoms with van der Waals surface area (Å²) in [5, 5.41) is 19.7. The second-order valence-electron chi connectivity index (χ2n) is 7.01. The minimum atomic E-state index is -2.57. The molecule has 0 unspecified atom stereocenters. The molecule has 0 bridgehead atoms. The van der Waals surface area contributed by atoms with Gasteiger partial charge in [-0.1, -0.05) is 91.0 Å². The lowest BCUT2D eigenvalue weighted by atomic mass is 10.3. The van der Waals surface area contributed by atoms with E-state index in [0.717, 1.165) is 0 Å². The molecule has 5 aromatic rings. The van der Waals surface area contributed by atoms with Crippen LogP contribution in [0, 0.1) is 0 Å². The SMILES string of the molecule is c1ccc([Si](c2ccccc2)(c2ccccc2)c2ccnc(-c3nn[nH]n3)c2)cc1. The average Bonchev–Trinajstić information content (AvgIpc) is 3.37. The molecular formula is C24H19N5Si. The molecule has 0 amide bonds. The first-order valence-corrected chi connectivity index (χ1v) is 11.8. The first kappa shape index (κ1) is 18.1. The van der Waals surface area contributed by atoms with E-state index in [1.807, 2.05) is 6.20 Å². The Bertz CT molecular complexity index is 1130. The number of nitrogens with one attached hydrogen (secondary N) is 1. The summed E-state index contributed by atoms with van der Waals surface area (Å²) in [6.07, 6.45) is 1.84. The number of pyridine rings is 1. The van der Waals surface area contributed by atoms with Gasteiger partial charge in [-0.3, -0.25) is 4.98 Å². The molecule has 30 heavy (non-hydrogen) atoms. The van der Waals surface area contributed by atoms with Gasteiger partial charge in [-0.15, -0.1) is 10.2 Å². The summed E-state index contributed by atoms with van der Waals surface area (Å²) in [5.74, 6) is 0.494. The fourth-order valence-electron chi connectivity index (χ4n) is 4.12. The van der Waals surface area contributed by atoms with E-state index in [1.165, 1.54) is 20.7 Å². The second kappa shape index (κ2) is 7.85. The highest BCUT2D eigenvalue weighted by molar-refractivity contribution is 7.19. The summed E-state index contributed by atoms with van der Waals surface area (Å²) in [7, 11) is -2.57. The van der Waals surface area contributed by atoms with Crippen molar-refractivity contribution >= 4 is 28.8 Å².